The van der Waals surface area contributed by atoms with Crippen molar-refractivity contribution in [1.82, 2.24) is 20.3 Å². The molecular formula is C15H20N4O3. The third-order valence-electron chi connectivity index (χ3n) is 3.39. The number of benzene rings is 1. The van der Waals surface area contributed by atoms with E-state index >= 15 is 0 Å². The van der Waals surface area contributed by atoms with Crippen LogP contribution in [0, 0.1) is 0 Å². The molecule has 2 aromatic rings. The first-order valence-corrected chi connectivity index (χ1v) is 7.02. The standard InChI is InChI=1S/C15H20N4O3/c1-16-9-13-10-17-18-19(13)12(8-15(21)22-2)7-11-3-5-14(20)6-4-11/h3-6,10,12,16,20H,7-9H2,1-2H3/t12-/m0/s1. The van der Waals surface area contributed by atoms with Crippen LogP contribution in [0.4, 0.5) is 0 Å². The summed E-state index contributed by atoms with van der Waals surface area (Å²) >= 11 is 0. The van der Waals surface area contributed by atoms with Crippen molar-refractivity contribution in [3.8, 4) is 5.75 Å². The Morgan fingerprint density at radius 3 is 2.77 bits per heavy atom. The summed E-state index contributed by atoms with van der Waals surface area (Å²) < 4.78 is 6.53. The molecule has 0 spiro atoms. The molecule has 2 rings (SSSR count). The van der Waals surface area contributed by atoms with Gasteiger partial charge in [0.1, 0.15) is 5.75 Å². The van der Waals surface area contributed by atoms with Crippen molar-refractivity contribution in [3.05, 3.63) is 41.7 Å². The number of carbonyl (C=O) groups is 1. The Morgan fingerprint density at radius 2 is 2.14 bits per heavy atom. The molecule has 7 heteroatoms. The molecule has 1 atom stereocenters. The number of phenolic OH excluding ortho intramolecular Hbond substituents is 1. The number of hydrogen-bond acceptors (Lipinski definition) is 6. The van der Waals surface area contributed by atoms with Crippen LogP contribution in [0.1, 0.15) is 23.7 Å². The molecule has 22 heavy (non-hydrogen) atoms. The Balaban J connectivity index is 2.23. The maximum absolute atomic E-state index is 11.7. The lowest BCUT2D eigenvalue weighted by molar-refractivity contribution is -0.141. The molecule has 0 aliphatic rings. The SMILES string of the molecule is CNCc1cnnn1[C@H](CC(=O)OC)Cc1ccc(O)cc1. The molecule has 1 heterocycles. The molecule has 1 aromatic carbocycles. The highest BCUT2D eigenvalue weighted by Gasteiger charge is 2.20. The number of nitrogens with one attached hydrogen (secondary N) is 1. The summed E-state index contributed by atoms with van der Waals surface area (Å²) in [5.74, 6) is -0.0837. The van der Waals surface area contributed by atoms with E-state index in [9.17, 15) is 9.90 Å². The van der Waals surface area contributed by atoms with Gasteiger partial charge in [0.2, 0.25) is 0 Å². The zero-order valence-electron chi connectivity index (χ0n) is 12.7. The lowest BCUT2D eigenvalue weighted by Gasteiger charge is -2.18. The summed E-state index contributed by atoms with van der Waals surface area (Å²) in [6.45, 7) is 0.611. The Kier molecular flexibility index (Phi) is 5.48. The number of phenols is 1. The molecule has 118 valence electrons. The van der Waals surface area contributed by atoms with Crippen molar-refractivity contribution in [2.24, 2.45) is 0 Å². The molecule has 0 saturated carbocycles. The van der Waals surface area contributed by atoms with Crippen LogP contribution in [-0.2, 0) is 22.5 Å². The number of aromatic nitrogens is 3. The highest BCUT2D eigenvalue weighted by atomic mass is 16.5. The topological polar surface area (TPSA) is 89.3 Å². The second-order valence-electron chi connectivity index (χ2n) is 5.00. The lowest BCUT2D eigenvalue weighted by Crippen LogP contribution is -2.22. The van der Waals surface area contributed by atoms with Gasteiger partial charge < -0.3 is 15.2 Å². The van der Waals surface area contributed by atoms with Gasteiger partial charge in [0, 0.05) is 6.54 Å². The molecule has 0 aliphatic heterocycles. The number of esters is 1. The van der Waals surface area contributed by atoms with Crippen LogP contribution >= 0.6 is 0 Å². The highest BCUT2D eigenvalue weighted by Crippen LogP contribution is 2.21. The molecule has 0 bridgehead atoms. The number of ether oxygens (including phenoxy) is 1. The van der Waals surface area contributed by atoms with Gasteiger partial charge in [-0.2, -0.15) is 0 Å². The Bertz CT molecular complexity index is 610. The number of hydrogen-bond donors (Lipinski definition) is 2. The minimum Gasteiger partial charge on any atom is -0.508 e. The van der Waals surface area contributed by atoms with Crippen LogP contribution < -0.4 is 5.32 Å². The number of methoxy groups -OCH3 is 1. The largest absolute Gasteiger partial charge is 0.508 e. The van der Waals surface area contributed by atoms with E-state index in [2.05, 4.69) is 15.6 Å². The average molecular weight is 304 g/mol. The summed E-state index contributed by atoms with van der Waals surface area (Å²) in [5, 5.41) is 20.5. The Labute approximate surface area is 128 Å². The summed E-state index contributed by atoms with van der Waals surface area (Å²) in [6.07, 6.45) is 2.48. The second-order valence-corrected chi connectivity index (χ2v) is 5.00. The maximum Gasteiger partial charge on any atom is 0.307 e. The Hall–Kier alpha value is -2.41. The molecule has 1 aromatic heterocycles. The monoisotopic (exact) mass is 304 g/mol. The summed E-state index contributed by atoms with van der Waals surface area (Å²) in [6, 6.07) is 6.71. The van der Waals surface area contributed by atoms with Crippen molar-refractivity contribution in [2.75, 3.05) is 14.2 Å². The second kappa shape index (κ2) is 7.56. The van der Waals surface area contributed by atoms with Crippen molar-refractivity contribution in [3.63, 3.8) is 0 Å². The van der Waals surface area contributed by atoms with Crippen molar-refractivity contribution >= 4 is 5.97 Å². The lowest BCUT2D eigenvalue weighted by atomic mass is 10.0. The van der Waals surface area contributed by atoms with Gasteiger partial charge >= 0.3 is 5.97 Å². The molecule has 2 N–H and O–H groups in total. The number of rotatable bonds is 7. The highest BCUT2D eigenvalue weighted by molar-refractivity contribution is 5.69. The molecule has 0 unspecified atom stereocenters. The van der Waals surface area contributed by atoms with Gasteiger partial charge in [-0.15, -0.1) is 5.10 Å². The number of aromatic hydroxyl groups is 1. The van der Waals surface area contributed by atoms with E-state index in [4.69, 9.17) is 4.74 Å². The molecule has 0 amide bonds. The summed E-state index contributed by atoms with van der Waals surface area (Å²) in [7, 11) is 3.21. The first kappa shape index (κ1) is 16.0. The van der Waals surface area contributed by atoms with E-state index < -0.39 is 0 Å². The van der Waals surface area contributed by atoms with Crippen molar-refractivity contribution < 1.29 is 14.6 Å². The number of nitrogens with zero attached hydrogens (tertiary/aromatic N) is 3. The first-order chi connectivity index (χ1) is 10.6. The third-order valence-corrected chi connectivity index (χ3v) is 3.39. The van der Waals surface area contributed by atoms with E-state index in [1.54, 1.807) is 23.0 Å². The van der Waals surface area contributed by atoms with E-state index in [0.29, 0.717) is 13.0 Å². The predicted octanol–water partition coefficient (Wildman–Crippen LogP) is 1.05. The average Bonchev–Trinajstić information content (AvgIpc) is 2.97. The molecule has 0 saturated heterocycles. The van der Waals surface area contributed by atoms with E-state index in [1.165, 1.54) is 7.11 Å². The van der Waals surface area contributed by atoms with Gasteiger partial charge in [-0.1, -0.05) is 17.3 Å². The van der Waals surface area contributed by atoms with E-state index in [1.807, 2.05) is 19.2 Å². The van der Waals surface area contributed by atoms with Crippen LogP contribution in [0.3, 0.4) is 0 Å². The number of carbonyl (C=O) groups excluding carboxylic acids is 1. The predicted molar refractivity (Wildman–Crippen MR) is 80.3 cm³/mol. The quantitative estimate of drug-likeness (QED) is 0.743. The molecule has 0 radical (unpaired) electrons. The van der Waals surface area contributed by atoms with Gasteiger partial charge in [-0.05, 0) is 31.2 Å². The molecule has 0 aliphatic carbocycles. The van der Waals surface area contributed by atoms with Gasteiger partial charge in [0.05, 0.1) is 31.5 Å². The smallest absolute Gasteiger partial charge is 0.307 e. The van der Waals surface area contributed by atoms with Crippen LogP contribution in [0.15, 0.2) is 30.5 Å². The van der Waals surface area contributed by atoms with Gasteiger partial charge in [0.25, 0.3) is 0 Å². The zero-order chi connectivity index (χ0) is 15.9. The zero-order valence-corrected chi connectivity index (χ0v) is 12.7. The Morgan fingerprint density at radius 1 is 1.41 bits per heavy atom. The van der Waals surface area contributed by atoms with E-state index in [-0.39, 0.29) is 24.2 Å². The molecular weight excluding hydrogens is 284 g/mol. The normalized spacial score (nSPS) is 12.1. The van der Waals surface area contributed by atoms with Crippen LogP contribution in [0.5, 0.6) is 5.75 Å². The first-order valence-electron chi connectivity index (χ1n) is 7.02. The fourth-order valence-electron chi connectivity index (χ4n) is 2.30. The van der Waals surface area contributed by atoms with Gasteiger partial charge in [-0.25, -0.2) is 4.68 Å². The van der Waals surface area contributed by atoms with Crippen molar-refractivity contribution in [1.29, 1.82) is 0 Å². The fourth-order valence-corrected chi connectivity index (χ4v) is 2.30. The molecule has 7 nitrogen and oxygen atoms in total. The fraction of sp³-hybridized carbons (Fsp3) is 0.400. The van der Waals surface area contributed by atoms with Crippen LogP contribution in [0.2, 0.25) is 0 Å². The van der Waals surface area contributed by atoms with Crippen molar-refractivity contribution in [2.45, 2.75) is 25.4 Å². The van der Waals surface area contributed by atoms with Crippen LogP contribution in [-0.4, -0.2) is 40.2 Å². The summed E-state index contributed by atoms with van der Waals surface area (Å²) in [4.78, 5) is 11.7. The van der Waals surface area contributed by atoms with Gasteiger partial charge in [-0.3, -0.25) is 4.79 Å². The minimum atomic E-state index is -0.297. The van der Waals surface area contributed by atoms with E-state index in [0.717, 1.165) is 11.3 Å². The molecule has 0 fully saturated rings. The minimum absolute atomic E-state index is 0.192. The summed E-state index contributed by atoms with van der Waals surface area (Å²) in [5.41, 5.74) is 1.90. The third kappa shape index (κ3) is 4.05. The maximum atomic E-state index is 11.7. The van der Waals surface area contributed by atoms with Crippen LogP contribution in [0.25, 0.3) is 0 Å². The van der Waals surface area contributed by atoms with Gasteiger partial charge in [0.15, 0.2) is 0 Å².